The van der Waals surface area contributed by atoms with Gasteiger partial charge in [-0.15, -0.1) is 0 Å². The second-order valence-electron chi connectivity index (χ2n) is 5.50. The molecule has 0 aliphatic heterocycles. The molecule has 1 atom stereocenters. The summed E-state index contributed by atoms with van der Waals surface area (Å²) in [7, 11) is 0. The smallest absolute Gasteiger partial charge is 0.0626 e. The Morgan fingerprint density at radius 3 is 2.40 bits per heavy atom. The zero-order valence-corrected chi connectivity index (χ0v) is 11.6. The highest BCUT2D eigenvalue weighted by Gasteiger charge is 2.27. The second-order valence-corrected chi connectivity index (χ2v) is 5.50. The van der Waals surface area contributed by atoms with Gasteiger partial charge in [0.05, 0.1) is 12.6 Å². The van der Waals surface area contributed by atoms with Crippen molar-refractivity contribution in [1.29, 1.82) is 0 Å². The maximum atomic E-state index is 9.72. The maximum Gasteiger partial charge on any atom is 0.0626 e. The van der Waals surface area contributed by atoms with Gasteiger partial charge < -0.3 is 10.4 Å². The number of nitrogens with one attached hydrogen (secondary N) is 1. The minimum Gasteiger partial charge on any atom is -0.394 e. The SMILES string of the molecule is OCC(NCc1ccccc1)c1ccccc1C1CC1. The van der Waals surface area contributed by atoms with Crippen molar-refractivity contribution >= 4 is 0 Å². The lowest BCUT2D eigenvalue weighted by Crippen LogP contribution is -2.25. The van der Waals surface area contributed by atoms with Gasteiger partial charge in [-0.05, 0) is 35.4 Å². The van der Waals surface area contributed by atoms with Gasteiger partial charge in [-0.1, -0.05) is 54.6 Å². The average molecular weight is 267 g/mol. The van der Waals surface area contributed by atoms with E-state index in [1.165, 1.54) is 29.5 Å². The molecule has 1 fully saturated rings. The van der Waals surface area contributed by atoms with Crippen LogP contribution in [0.4, 0.5) is 0 Å². The van der Waals surface area contributed by atoms with Crippen molar-refractivity contribution in [3.63, 3.8) is 0 Å². The second kappa shape index (κ2) is 6.21. The van der Waals surface area contributed by atoms with Crippen LogP contribution in [0.25, 0.3) is 0 Å². The molecule has 0 radical (unpaired) electrons. The number of benzene rings is 2. The van der Waals surface area contributed by atoms with Crippen molar-refractivity contribution in [2.24, 2.45) is 0 Å². The summed E-state index contributed by atoms with van der Waals surface area (Å²) in [6.45, 7) is 0.918. The van der Waals surface area contributed by atoms with Crippen LogP contribution in [0.1, 0.15) is 41.5 Å². The molecule has 0 saturated heterocycles. The summed E-state index contributed by atoms with van der Waals surface area (Å²) in [5.41, 5.74) is 3.91. The summed E-state index contributed by atoms with van der Waals surface area (Å²) in [6.07, 6.45) is 2.57. The maximum absolute atomic E-state index is 9.72. The minimum absolute atomic E-state index is 0.0204. The molecule has 1 unspecified atom stereocenters. The van der Waals surface area contributed by atoms with Crippen molar-refractivity contribution in [2.75, 3.05) is 6.61 Å². The van der Waals surface area contributed by atoms with Crippen molar-refractivity contribution in [1.82, 2.24) is 5.32 Å². The fourth-order valence-corrected chi connectivity index (χ4v) is 2.70. The van der Waals surface area contributed by atoms with Gasteiger partial charge in [-0.3, -0.25) is 0 Å². The molecular formula is C18H21NO. The van der Waals surface area contributed by atoms with Crippen LogP contribution in [0, 0.1) is 0 Å². The Hall–Kier alpha value is -1.64. The number of rotatable bonds is 6. The fraction of sp³-hybridized carbons (Fsp3) is 0.333. The molecule has 20 heavy (non-hydrogen) atoms. The van der Waals surface area contributed by atoms with Gasteiger partial charge in [0.25, 0.3) is 0 Å². The third-order valence-electron chi connectivity index (χ3n) is 3.97. The number of aliphatic hydroxyl groups is 1. The molecule has 2 aromatic rings. The number of hydrogen-bond acceptors (Lipinski definition) is 2. The van der Waals surface area contributed by atoms with Gasteiger partial charge >= 0.3 is 0 Å². The first-order valence-corrected chi connectivity index (χ1v) is 7.35. The molecule has 0 amide bonds. The van der Waals surface area contributed by atoms with Crippen molar-refractivity contribution in [2.45, 2.75) is 31.3 Å². The molecule has 0 aromatic heterocycles. The quantitative estimate of drug-likeness (QED) is 0.841. The highest BCUT2D eigenvalue weighted by molar-refractivity contribution is 5.35. The first-order chi connectivity index (χ1) is 9.88. The third kappa shape index (κ3) is 3.09. The van der Waals surface area contributed by atoms with Crippen LogP contribution in [0.15, 0.2) is 54.6 Å². The lowest BCUT2D eigenvalue weighted by atomic mass is 9.97. The lowest BCUT2D eigenvalue weighted by Gasteiger charge is -2.20. The highest BCUT2D eigenvalue weighted by Crippen LogP contribution is 2.42. The zero-order valence-electron chi connectivity index (χ0n) is 11.6. The van der Waals surface area contributed by atoms with E-state index in [0.29, 0.717) is 5.92 Å². The molecule has 2 heteroatoms. The Kier molecular flexibility index (Phi) is 4.14. The molecule has 2 N–H and O–H groups in total. The van der Waals surface area contributed by atoms with Crippen molar-refractivity contribution in [3.8, 4) is 0 Å². The topological polar surface area (TPSA) is 32.3 Å². The molecular weight excluding hydrogens is 246 g/mol. The van der Waals surface area contributed by atoms with Crippen LogP contribution < -0.4 is 5.32 Å². The molecule has 0 spiro atoms. The first-order valence-electron chi connectivity index (χ1n) is 7.35. The van der Waals surface area contributed by atoms with Crippen LogP contribution >= 0.6 is 0 Å². The molecule has 2 aromatic carbocycles. The predicted molar refractivity (Wildman–Crippen MR) is 81.5 cm³/mol. The zero-order chi connectivity index (χ0) is 13.8. The fourth-order valence-electron chi connectivity index (χ4n) is 2.70. The van der Waals surface area contributed by atoms with Crippen molar-refractivity contribution in [3.05, 3.63) is 71.3 Å². The van der Waals surface area contributed by atoms with Crippen LogP contribution in [0.5, 0.6) is 0 Å². The predicted octanol–water partition coefficient (Wildman–Crippen LogP) is 3.39. The largest absolute Gasteiger partial charge is 0.394 e. The summed E-state index contributed by atoms with van der Waals surface area (Å²) in [4.78, 5) is 0. The lowest BCUT2D eigenvalue weighted by molar-refractivity contribution is 0.243. The summed E-state index contributed by atoms with van der Waals surface area (Å²) in [5, 5.41) is 13.2. The monoisotopic (exact) mass is 267 g/mol. The third-order valence-corrected chi connectivity index (χ3v) is 3.97. The van der Waals surface area contributed by atoms with Crippen LogP contribution in [-0.4, -0.2) is 11.7 Å². The van der Waals surface area contributed by atoms with E-state index < -0.39 is 0 Å². The Balaban J connectivity index is 1.73. The van der Waals surface area contributed by atoms with Gasteiger partial charge in [0.1, 0.15) is 0 Å². The Morgan fingerprint density at radius 2 is 1.70 bits per heavy atom. The Bertz CT molecular complexity index is 548. The molecule has 0 heterocycles. The van der Waals surface area contributed by atoms with E-state index in [4.69, 9.17) is 0 Å². The van der Waals surface area contributed by atoms with E-state index >= 15 is 0 Å². The van der Waals surface area contributed by atoms with Gasteiger partial charge in [0, 0.05) is 6.54 Å². The van der Waals surface area contributed by atoms with E-state index in [2.05, 4.69) is 41.7 Å². The molecule has 104 valence electrons. The van der Waals surface area contributed by atoms with Gasteiger partial charge in [0.2, 0.25) is 0 Å². The number of hydrogen-bond donors (Lipinski definition) is 2. The van der Waals surface area contributed by atoms with E-state index in [1.54, 1.807) is 0 Å². The van der Waals surface area contributed by atoms with Crippen LogP contribution in [-0.2, 0) is 6.54 Å². The molecule has 2 nitrogen and oxygen atoms in total. The van der Waals surface area contributed by atoms with E-state index in [9.17, 15) is 5.11 Å². The van der Waals surface area contributed by atoms with E-state index in [-0.39, 0.29) is 12.6 Å². The van der Waals surface area contributed by atoms with Crippen LogP contribution in [0.3, 0.4) is 0 Å². The highest BCUT2D eigenvalue weighted by atomic mass is 16.3. The normalized spacial score (nSPS) is 16.1. The Morgan fingerprint density at radius 1 is 1.00 bits per heavy atom. The van der Waals surface area contributed by atoms with Gasteiger partial charge in [-0.2, -0.15) is 0 Å². The summed E-state index contributed by atoms with van der Waals surface area (Å²) < 4.78 is 0. The van der Waals surface area contributed by atoms with Gasteiger partial charge in [-0.25, -0.2) is 0 Å². The first kappa shape index (κ1) is 13.3. The van der Waals surface area contributed by atoms with Gasteiger partial charge in [0.15, 0.2) is 0 Å². The molecule has 1 saturated carbocycles. The Labute approximate surface area is 120 Å². The molecule has 1 aliphatic carbocycles. The molecule has 1 aliphatic rings. The van der Waals surface area contributed by atoms with E-state index in [0.717, 1.165) is 6.54 Å². The standard InChI is InChI=1S/C18H21NO/c20-13-18(19-12-14-6-2-1-3-7-14)17-9-5-4-8-16(17)15-10-11-15/h1-9,15,18-20H,10-13H2. The molecule has 3 rings (SSSR count). The summed E-state index contributed by atoms with van der Waals surface area (Å²) >= 11 is 0. The number of aliphatic hydroxyl groups excluding tert-OH is 1. The van der Waals surface area contributed by atoms with Crippen LogP contribution in [0.2, 0.25) is 0 Å². The minimum atomic E-state index is 0.0204. The van der Waals surface area contributed by atoms with E-state index in [1.807, 2.05) is 18.2 Å². The molecule has 0 bridgehead atoms. The van der Waals surface area contributed by atoms with Crippen molar-refractivity contribution < 1.29 is 5.11 Å². The summed E-state index contributed by atoms with van der Waals surface area (Å²) in [6, 6.07) is 18.9. The summed E-state index contributed by atoms with van der Waals surface area (Å²) in [5.74, 6) is 0.707. The average Bonchev–Trinajstić information content (AvgIpc) is 3.34.